The van der Waals surface area contributed by atoms with Gasteiger partial charge in [0.1, 0.15) is 5.75 Å². The lowest BCUT2D eigenvalue weighted by atomic mass is 10.1. The monoisotopic (exact) mass is 298 g/mol. The van der Waals surface area contributed by atoms with E-state index in [-0.39, 0.29) is 5.91 Å². The van der Waals surface area contributed by atoms with Gasteiger partial charge in [-0.15, -0.1) is 0 Å². The van der Waals surface area contributed by atoms with Crippen LogP contribution in [-0.4, -0.2) is 42.1 Å². The highest BCUT2D eigenvalue weighted by Gasteiger charge is 2.17. The minimum absolute atomic E-state index is 0.104. The Bertz CT molecular complexity index is 448. The fraction of sp³-hybridized carbons (Fsp3) is 0.462. The van der Waals surface area contributed by atoms with Crippen LogP contribution in [0.15, 0.2) is 18.2 Å². The number of nitrogen functional groups attached to an aromatic ring is 1. The highest BCUT2D eigenvalue weighted by atomic mass is 32.2. The maximum absolute atomic E-state index is 12.1. The van der Waals surface area contributed by atoms with Crippen molar-refractivity contribution in [2.24, 2.45) is 0 Å². The average molecular weight is 298 g/mol. The maximum atomic E-state index is 12.1. The van der Waals surface area contributed by atoms with E-state index < -0.39 is 0 Å². The first kappa shape index (κ1) is 14.4. The molecule has 0 aliphatic carbocycles. The Labute approximate surface area is 121 Å². The van der Waals surface area contributed by atoms with Crippen LogP contribution in [0.2, 0.25) is 0 Å². The smallest absolute Gasteiger partial charge is 0.255 e. The van der Waals surface area contributed by atoms with Gasteiger partial charge in [-0.05, 0) is 12.1 Å². The van der Waals surface area contributed by atoms with Crippen LogP contribution in [0.5, 0.6) is 5.75 Å². The van der Waals surface area contributed by atoms with Crippen molar-refractivity contribution in [1.29, 1.82) is 0 Å². The zero-order chi connectivity index (χ0) is 13.7. The second-order valence-corrected chi connectivity index (χ2v) is 6.80. The summed E-state index contributed by atoms with van der Waals surface area (Å²) in [7, 11) is 1.54. The number of methoxy groups -OCH3 is 1. The molecule has 1 atom stereocenters. The van der Waals surface area contributed by atoms with E-state index in [0.29, 0.717) is 28.8 Å². The molecule has 1 heterocycles. The van der Waals surface area contributed by atoms with Gasteiger partial charge >= 0.3 is 0 Å². The van der Waals surface area contributed by atoms with E-state index >= 15 is 0 Å². The summed E-state index contributed by atoms with van der Waals surface area (Å²) < 4.78 is 5.19. The molecule has 1 aromatic carbocycles. The lowest BCUT2D eigenvalue weighted by Crippen LogP contribution is -2.33. The van der Waals surface area contributed by atoms with Gasteiger partial charge in [0.05, 0.1) is 12.7 Å². The molecular formula is C13H18N2O2S2. The Balaban J connectivity index is 1.95. The van der Waals surface area contributed by atoms with Crippen molar-refractivity contribution in [2.45, 2.75) is 5.25 Å². The molecule has 1 fully saturated rings. The number of benzene rings is 1. The van der Waals surface area contributed by atoms with Gasteiger partial charge in [-0.1, -0.05) is 0 Å². The number of amides is 1. The SMILES string of the molecule is COc1cc(N)ccc1C(=O)NCC1CSCCS1. The van der Waals surface area contributed by atoms with Gasteiger partial charge in [-0.2, -0.15) is 23.5 Å². The fourth-order valence-electron chi connectivity index (χ4n) is 1.85. The van der Waals surface area contributed by atoms with E-state index in [1.807, 2.05) is 23.5 Å². The molecule has 0 aromatic heterocycles. The summed E-state index contributed by atoms with van der Waals surface area (Å²) in [6.07, 6.45) is 0. The third kappa shape index (κ3) is 3.98. The Hall–Kier alpha value is -1.01. The third-order valence-corrected chi connectivity index (χ3v) is 5.69. The van der Waals surface area contributed by atoms with Gasteiger partial charge in [0, 0.05) is 40.8 Å². The number of carbonyl (C=O) groups is 1. The summed E-state index contributed by atoms with van der Waals surface area (Å²) in [6.45, 7) is 0.698. The van der Waals surface area contributed by atoms with E-state index in [2.05, 4.69) is 5.32 Å². The largest absolute Gasteiger partial charge is 0.496 e. The molecule has 6 heteroatoms. The summed E-state index contributed by atoms with van der Waals surface area (Å²) in [4.78, 5) is 12.1. The average Bonchev–Trinajstić information content (AvgIpc) is 2.45. The zero-order valence-electron chi connectivity index (χ0n) is 10.8. The van der Waals surface area contributed by atoms with Crippen molar-refractivity contribution < 1.29 is 9.53 Å². The lowest BCUT2D eigenvalue weighted by molar-refractivity contribution is 0.0951. The van der Waals surface area contributed by atoms with Gasteiger partial charge in [-0.25, -0.2) is 0 Å². The highest BCUT2D eigenvalue weighted by Crippen LogP contribution is 2.24. The predicted octanol–water partition coefficient (Wildman–Crippen LogP) is 1.86. The maximum Gasteiger partial charge on any atom is 0.255 e. The van der Waals surface area contributed by atoms with E-state index in [1.54, 1.807) is 25.3 Å². The first-order valence-corrected chi connectivity index (χ1v) is 8.32. The zero-order valence-corrected chi connectivity index (χ0v) is 12.5. The highest BCUT2D eigenvalue weighted by molar-refractivity contribution is 8.06. The van der Waals surface area contributed by atoms with Crippen LogP contribution in [0.3, 0.4) is 0 Å². The molecule has 1 aromatic rings. The van der Waals surface area contributed by atoms with Gasteiger partial charge in [-0.3, -0.25) is 4.79 Å². The van der Waals surface area contributed by atoms with E-state index in [0.717, 1.165) is 11.5 Å². The molecule has 1 unspecified atom stereocenters. The first-order chi connectivity index (χ1) is 9.20. The van der Waals surface area contributed by atoms with E-state index in [9.17, 15) is 4.79 Å². The van der Waals surface area contributed by atoms with Crippen LogP contribution in [0.25, 0.3) is 0 Å². The molecule has 104 valence electrons. The van der Waals surface area contributed by atoms with Crippen molar-refractivity contribution in [3.63, 3.8) is 0 Å². The van der Waals surface area contributed by atoms with E-state index in [1.165, 1.54) is 5.75 Å². The number of carbonyl (C=O) groups excluding carboxylic acids is 1. The summed E-state index contributed by atoms with van der Waals surface area (Å²) in [5, 5.41) is 3.47. The summed E-state index contributed by atoms with van der Waals surface area (Å²) in [5.74, 6) is 3.89. The molecule has 1 aliphatic heterocycles. The van der Waals surface area contributed by atoms with Crippen molar-refractivity contribution in [3.05, 3.63) is 23.8 Å². The summed E-state index contributed by atoms with van der Waals surface area (Å²) in [6, 6.07) is 5.08. The second kappa shape index (κ2) is 6.96. The Morgan fingerprint density at radius 1 is 1.53 bits per heavy atom. The number of rotatable bonds is 4. The number of hydrogen-bond donors (Lipinski definition) is 2. The van der Waals surface area contributed by atoms with E-state index in [4.69, 9.17) is 10.5 Å². The normalized spacial score (nSPS) is 18.9. The van der Waals surface area contributed by atoms with Crippen molar-refractivity contribution in [2.75, 3.05) is 36.6 Å². The fourth-order valence-corrected chi connectivity index (χ4v) is 4.46. The Morgan fingerprint density at radius 3 is 3.05 bits per heavy atom. The molecular weight excluding hydrogens is 280 g/mol. The van der Waals surface area contributed by atoms with Crippen molar-refractivity contribution in [3.8, 4) is 5.75 Å². The molecule has 0 bridgehead atoms. The molecule has 1 saturated heterocycles. The van der Waals surface area contributed by atoms with Crippen molar-refractivity contribution >= 4 is 35.1 Å². The topological polar surface area (TPSA) is 64.3 Å². The molecule has 19 heavy (non-hydrogen) atoms. The molecule has 4 nitrogen and oxygen atoms in total. The summed E-state index contributed by atoms with van der Waals surface area (Å²) >= 11 is 3.87. The quantitative estimate of drug-likeness (QED) is 0.831. The number of thioether (sulfide) groups is 2. The third-order valence-electron chi connectivity index (χ3n) is 2.85. The predicted molar refractivity (Wildman–Crippen MR) is 83.3 cm³/mol. The van der Waals surface area contributed by atoms with Crippen LogP contribution in [-0.2, 0) is 0 Å². The molecule has 0 saturated carbocycles. The molecule has 1 aliphatic rings. The van der Waals surface area contributed by atoms with Gasteiger partial charge in [0.2, 0.25) is 0 Å². The molecule has 0 spiro atoms. The minimum Gasteiger partial charge on any atom is -0.496 e. The van der Waals surface area contributed by atoms with Crippen LogP contribution in [0.4, 0.5) is 5.69 Å². The number of ether oxygens (including phenoxy) is 1. The minimum atomic E-state index is -0.104. The van der Waals surface area contributed by atoms with Crippen LogP contribution < -0.4 is 15.8 Å². The lowest BCUT2D eigenvalue weighted by Gasteiger charge is -2.21. The Kier molecular flexibility index (Phi) is 5.27. The van der Waals surface area contributed by atoms with Crippen LogP contribution >= 0.6 is 23.5 Å². The molecule has 0 radical (unpaired) electrons. The molecule has 3 N–H and O–H groups in total. The number of hydrogen-bond acceptors (Lipinski definition) is 5. The van der Waals surface area contributed by atoms with Gasteiger partial charge in [0.15, 0.2) is 0 Å². The Morgan fingerprint density at radius 2 is 2.37 bits per heavy atom. The van der Waals surface area contributed by atoms with Crippen LogP contribution in [0.1, 0.15) is 10.4 Å². The molecule has 1 amide bonds. The standard InChI is InChI=1S/C13H18N2O2S2/c1-17-12-6-9(14)2-3-11(12)13(16)15-7-10-8-18-4-5-19-10/h2-3,6,10H,4-5,7-8,14H2,1H3,(H,15,16). The van der Waals surface area contributed by atoms with Gasteiger partial charge < -0.3 is 15.8 Å². The second-order valence-electron chi connectivity index (χ2n) is 4.24. The van der Waals surface area contributed by atoms with Crippen LogP contribution in [0, 0.1) is 0 Å². The first-order valence-electron chi connectivity index (χ1n) is 6.11. The summed E-state index contributed by atoms with van der Waals surface area (Å²) in [5.41, 5.74) is 6.80. The number of anilines is 1. The molecule has 2 rings (SSSR count). The van der Waals surface area contributed by atoms with Crippen molar-refractivity contribution in [1.82, 2.24) is 5.32 Å². The van der Waals surface area contributed by atoms with Gasteiger partial charge in [0.25, 0.3) is 5.91 Å². The number of nitrogens with one attached hydrogen (secondary N) is 1. The number of nitrogens with two attached hydrogens (primary N) is 1.